The Hall–Kier alpha value is -1.82. The van der Waals surface area contributed by atoms with Crippen LogP contribution in [-0.4, -0.2) is 16.9 Å². The Bertz CT molecular complexity index is 888. The predicted molar refractivity (Wildman–Crippen MR) is 92.9 cm³/mol. The molecule has 118 valence electrons. The summed E-state index contributed by atoms with van der Waals surface area (Å²) in [4.78, 5) is 0.279. The molecule has 0 bridgehead atoms. The van der Waals surface area contributed by atoms with Crippen molar-refractivity contribution < 1.29 is 9.15 Å². The van der Waals surface area contributed by atoms with Crippen molar-refractivity contribution in [3.8, 4) is 17.2 Å². The Labute approximate surface area is 148 Å². The fraction of sp³-hybridized carbons (Fsp3) is 0.125. The van der Waals surface area contributed by atoms with E-state index in [4.69, 9.17) is 44.6 Å². The molecular weight excluding hydrogens is 355 g/mol. The average Bonchev–Trinajstić information content (AvgIpc) is 2.88. The molecule has 0 radical (unpaired) electrons. The molecule has 2 aromatic carbocycles. The van der Waals surface area contributed by atoms with Crippen LogP contribution in [0.15, 0.2) is 46.9 Å². The summed E-state index contributed by atoms with van der Waals surface area (Å²) in [7, 11) is 1.63. The van der Waals surface area contributed by atoms with Crippen LogP contribution in [0.1, 0.15) is 5.56 Å². The minimum atomic E-state index is 0.279. The van der Waals surface area contributed by atoms with E-state index in [0.29, 0.717) is 28.0 Å². The van der Waals surface area contributed by atoms with Gasteiger partial charge in [0, 0.05) is 5.02 Å². The fourth-order valence-corrected chi connectivity index (χ4v) is 2.76. The highest BCUT2D eigenvalue weighted by Gasteiger charge is 2.12. The highest BCUT2D eigenvalue weighted by Crippen LogP contribution is 2.29. The molecule has 0 aliphatic carbocycles. The van der Waals surface area contributed by atoms with Gasteiger partial charge in [0.15, 0.2) is 0 Å². The molecule has 1 aromatic heterocycles. The third-order valence-corrected chi connectivity index (χ3v) is 4.10. The second-order valence-electron chi connectivity index (χ2n) is 4.80. The van der Waals surface area contributed by atoms with Gasteiger partial charge in [0.1, 0.15) is 5.75 Å². The van der Waals surface area contributed by atoms with Gasteiger partial charge < -0.3 is 9.15 Å². The fourth-order valence-electron chi connectivity index (χ4n) is 2.08. The summed E-state index contributed by atoms with van der Waals surface area (Å²) in [6.07, 6.45) is 0. The highest BCUT2D eigenvalue weighted by molar-refractivity contribution is 7.71. The van der Waals surface area contributed by atoms with Gasteiger partial charge in [0.2, 0.25) is 5.89 Å². The standard InChI is InChI=1S/C16H12Cl2N2O2S/c1-21-12-5-2-10(3-6-12)9-20-16(23)22-15(19-20)13-7-4-11(17)8-14(13)18/h2-8H,9H2,1H3. The minimum absolute atomic E-state index is 0.279. The van der Waals surface area contributed by atoms with Crippen molar-refractivity contribution >= 4 is 35.4 Å². The maximum absolute atomic E-state index is 6.18. The van der Waals surface area contributed by atoms with E-state index in [9.17, 15) is 0 Å². The van der Waals surface area contributed by atoms with E-state index in [1.165, 1.54) is 0 Å². The first-order valence-corrected chi connectivity index (χ1v) is 7.89. The normalized spacial score (nSPS) is 10.7. The first-order chi connectivity index (χ1) is 11.1. The minimum Gasteiger partial charge on any atom is -0.497 e. The quantitative estimate of drug-likeness (QED) is 0.592. The molecule has 0 saturated heterocycles. The van der Waals surface area contributed by atoms with E-state index in [1.807, 2.05) is 24.3 Å². The van der Waals surface area contributed by atoms with Gasteiger partial charge in [-0.25, -0.2) is 4.68 Å². The zero-order valence-electron chi connectivity index (χ0n) is 12.1. The van der Waals surface area contributed by atoms with Gasteiger partial charge in [0.25, 0.3) is 4.84 Å². The van der Waals surface area contributed by atoms with E-state index < -0.39 is 0 Å². The third kappa shape index (κ3) is 3.58. The molecule has 0 aliphatic rings. The van der Waals surface area contributed by atoms with Crippen molar-refractivity contribution in [2.45, 2.75) is 6.54 Å². The summed E-state index contributed by atoms with van der Waals surface area (Å²) in [5.41, 5.74) is 1.68. The summed E-state index contributed by atoms with van der Waals surface area (Å²) in [5, 5.41) is 5.41. The van der Waals surface area contributed by atoms with Crippen LogP contribution in [0.25, 0.3) is 11.5 Å². The van der Waals surface area contributed by atoms with Gasteiger partial charge in [-0.1, -0.05) is 35.3 Å². The van der Waals surface area contributed by atoms with Crippen LogP contribution in [0.4, 0.5) is 0 Å². The first-order valence-electron chi connectivity index (χ1n) is 6.73. The molecule has 23 heavy (non-hydrogen) atoms. The maximum atomic E-state index is 6.18. The van der Waals surface area contributed by atoms with Crippen LogP contribution in [0.3, 0.4) is 0 Å². The first kappa shape index (κ1) is 16.1. The van der Waals surface area contributed by atoms with E-state index in [2.05, 4.69) is 5.10 Å². The number of benzene rings is 2. The van der Waals surface area contributed by atoms with Crippen molar-refractivity contribution in [1.29, 1.82) is 0 Å². The second kappa shape index (κ2) is 6.74. The Morgan fingerprint density at radius 2 is 1.91 bits per heavy atom. The number of methoxy groups -OCH3 is 1. The molecule has 0 aliphatic heterocycles. The van der Waals surface area contributed by atoms with Gasteiger partial charge in [-0.05, 0) is 48.1 Å². The van der Waals surface area contributed by atoms with Crippen LogP contribution in [-0.2, 0) is 6.54 Å². The summed E-state index contributed by atoms with van der Waals surface area (Å²) >= 11 is 17.3. The SMILES string of the molecule is COc1ccc(Cn2nc(-c3ccc(Cl)cc3Cl)oc2=S)cc1. The lowest BCUT2D eigenvalue weighted by Gasteiger charge is -2.03. The van der Waals surface area contributed by atoms with Gasteiger partial charge in [-0.15, -0.1) is 5.10 Å². The van der Waals surface area contributed by atoms with E-state index in [1.54, 1.807) is 30.0 Å². The molecule has 4 nitrogen and oxygen atoms in total. The molecule has 0 saturated carbocycles. The summed E-state index contributed by atoms with van der Waals surface area (Å²) in [5.74, 6) is 1.16. The Morgan fingerprint density at radius 1 is 1.17 bits per heavy atom. The molecule has 0 amide bonds. The molecule has 0 atom stereocenters. The number of rotatable bonds is 4. The van der Waals surface area contributed by atoms with Crippen LogP contribution in [0.5, 0.6) is 5.75 Å². The Balaban J connectivity index is 1.90. The van der Waals surface area contributed by atoms with Crippen LogP contribution in [0, 0.1) is 4.84 Å². The predicted octanol–water partition coefficient (Wildman–Crippen LogP) is 5.24. The van der Waals surface area contributed by atoms with Crippen LogP contribution >= 0.6 is 35.4 Å². The van der Waals surface area contributed by atoms with Crippen LogP contribution in [0.2, 0.25) is 10.0 Å². The van der Waals surface area contributed by atoms with Crippen molar-refractivity contribution in [1.82, 2.24) is 9.78 Å². The summed E-state index contributed by atoms with van der Waals surface area (Å²) in [6.45, 7) is 0.498. The van der Waals surface area contributed by atoms with Crippen molar-refractivity contribution in [2.24, 2.45) is 0 Å². The number of aromatic nitrogens is 2. The van der Waals surface area contributed by atoms with Crippen molar-refractivity contribution in [3.05, 3.63) is 62.9 Å². The largest absolute Gasteiger partial charge is 0.497 e. The molecule has 3 aromatic rings. The Kier molecular flexibility index (Phi) is 4.71. The van der Waals surface area contributed by atoms with Gasteiger partial charge in [-0.2, -0.15) is 0 Å². The molecule has 1 heterocycles. The zero-order chi connectivity index (χ0) is 16.4. The zero-order valence-corrected chi connectivity index (χ0v) is 14.5. The van der Waals surface area contributed by atoms with Crippen LogP contribution < -0.4 is 4.74 Å². The lowest BCUT2D eigenvalue weighted by molar-refractivity contribution is 0.414. The maximum Gasteiger partial charge on any atom is 0.287 e. The molecule has 0 fully saturated rings. The number of ether oxygens (including phenoxy) is 1. The number of nitrogens with zero attached hydrogens (tertiary/aromatic N) is 2. The monoisotopic (exact) mass is 366 g/mol. The number of halogens is 2. The lowest BCUT2D eigenvalue weighted by Crippen LogP contribution is -2.01. The third-order valence-electron chi connectivity index (χ3n) is 3.26. The lowest BCUT2D eigenvalue weighted by atomic mass is 10.2. The topological polar surface area (TPSA) is 40.2 Å². The number of hydrogen-bond donors (Lipinski definition) is 0. The molecular formula is C16H12Cl2N2O2S. The van der Waals surface area contributed by atoms with Gasteiger partial charge >= 0.3 is 0 Å². The highest BCUT2D eigenvalue weighted by atomic mass is 35.5. The molecule has 7 heteroatoms. The average molecular weight is 367 g/mol. The molecule has 0 unspecified atom stereocenters. The van der Waals surface area contributed by atoms with E-state index in [-0.39, 0.29) is 4.84 Å². The summed E-state index contributed by atoms with van der Waals surface area (Å²) in [6, 6.07) is 12.8. The molecule has 0 N–H and O–H groups in total. The van der Waals surface area contributed by atoms with Crippen molar-refractivity contribution in [2.75, 3.05) is 7.11 Å². The van der Waals surface area contributed by atoms with E-state index >= 15 is 0 Å². The van der Waals surface area contributed by atoms with Gasteiger partial charge in [0.05, 0.1) is 24.2 Å². The summed E-state index contributed by atoms with van der Waals surface area (Å²) < 4.78 is 12.3. The van der Waals surface area contributed by atoms with E-state index in [0.717, 1.165) is 11.3 Å². The molecule has 0 spiro atoms. The Morgan fingerprint density at radius 3 is 2.57 bits per heavy atom. The second-order valence-corrected chi connectivity index (χ2v) is 6.00. The van der Waals surface area contributed by atoms with Gasteiger partial charge in [-0.3, -0.25) is 0 Å². The number of hydrogen-bond acceptors (Lipinski definition) is 4. The van der Waals surface area contributed by atoms with Crippen molar-refractivity contribution in [3.63, 3.8) is 0 Å². The smallest absolute Gasteiger partial charge is 0.287 e. The molecule has 3 rings (SSSR count).